The molecule has 0 unspecified atom stereocenters. The van der Waals surface area contributed by atoms with Crippen molar-refractivity contribution in [2.45, 2.75) is 26.4 Å². The molecule has 5 heteroatoms. The van der Waals surface area contributed by atoms with Crippen molar-refractivity contribution < 1.29 is 18.6 Å². The van der Waals surface area contributed by atoms with Crippen molar-refractivity contribution in [3.05, 3.63) is 41.3 Å². The van der Waals surface area contributed by atoms with Crippen LogP contribution in [0.3, 0.4) is 0 Å². The molecule has 0 bridgehead atoms. The second kappa shape index (κ2) is 5.69. The summed E-state index contributed by atoms with van der Waals surface area (Å²) in [4.78, 5) is 0. The molecule has 3 rings (SSSR count). The number of benzene rings is 1. The van der Waals surface area contributed by atoms with E-state index in [2.05, 4.69) is 12.2 Å². The smallest absolute Gasteiger partial charge is 0.231 e. The van der Waals surface area contributed by atoms with Crippen LogP contribution >= 0.6 is 0 Å². The zero-order valence-corrected chi connectivity index (χ0v) is 12.4. The summed E-state index contributed by atoms with van der Waals surface area (Å²) in [5.74, 6) is 3.95. The average Bonchev–Trinajstić information content (AvgIpc) is 3.12. The van der Waals surface area contributed by atoms with Crippen LogP contribution in [0.25, 0.3) is 0 Å². The van der Waals surface area contributed by atoms with Crippen LogP contribution < -0.4 is 19.5 Å². The number of methoxy groups -OCH3 is 1. The molecule has 1 aliphatic rings. The third-order valence-corrected chi connectivity index (χ3v) is 3.52. The summed E-state index contributed by atoms with van der Waals surface area (Å²) in [6, 6.07) is 8.03. The molecule has 1 N–H and O–H groups in total. The van der Waals surface area contributed by atoms with E-state index in [0.717, 1.165) is 22.8 Å². The molecule has 1 aliphatic heterocycles. The number of fused-ring (bicyclic) bond motifs is 1. The van der Waals surface area contributed by atoms with E-state index in [4.69, 9.17) is 18.6 Å². The fourth-order valence-electron chi connectivity index (χ4n) is 2.34. The Bertz CT molecular complexity index is 635. The van der Waals surface area contributed by atoms with Gasteiger partial charge in [-0.05, 0) is 43.7 Å². The van der Waals surface area contributed by atoms with Crippen LogP contribution in [-0.2, 0) is 6.54 Å². The number of hydrogen-bond acceptors (Lipinski definition) is 5. The zero-order valence-electron chi connectivity index (χ0n) is 12.4. The quantitative estimate of drug-likeness (QED) is 0.916. The molecule has 1 atom stereocenters. The minimum absolute atomic E-state index is 0.134. The third-order valence-electron chi connectivity index (χ3n) is 3.52. The summed E-state index contributed by atoms with van der Waals surface area (Å²) in [7, 11) is 1.63. The lowest BCUT2D eigenvalue weighted by atomic mass is 10.1. The minimum atomic E-state index is 0.134. The van der Waals surface area contributed by atoms with Crippen molar-refractivity contribution in [1.29, 1.82) is 0 Å². The molecule has 21 heavy (non-hydrogen) atoms. The van der Waals surface area contributed by atoms with E-state index in [-0.39, 0.29) is 12.8 Å². The Balaban J connectivity index is 1.71. The van der Waals surface area contributed by atoms with Crippen LogP contribution in [0.1, 0.15) is 30.0 Å². The topological polar surface area (TPSA) is 52.9 Å². The molecule has 1 aromatic heterocycles. The minimum Gasteiger partial charge on any atom is -0.493 e. The fourth-order valence-corrected chi connectivity index (χ4v) is 2.34. The SMILES string of the molecule is COc1cc(CN[C@H](C)c2ccc(C)o2)cc2c1OCO2. The predicted octanol–water partition coefficient (Wildman–Crippen LogP) is 3.18. The largest absolute Gasteiger partial charge is 0.493 e. The van der Waals surface area contributed by atoms with E-state index < -0.39 is 0 Å². The van der Waals surface area contributed by atoms with E-state index in [0.29, 0.717) is 18.0 Å². The van der Waals surface area contributed by atoms with Crippen LogP contribution in [0.4, 0.5) is 0 Å². The van der Waals surface area contributed by atoms with Crippen molar-refractivity contribution in [3.63, 3.8) is 0 Å². The van der Waals surface area contributed by atoms with Crippen LogP contribution in [0.2, 0.25) is 0 Å². The average molecular weight is 289 g/mol. The normalized spacial score (nSPS) is 14.2. The standard InChI is InChI=1S/C16H19NO4/c1-10-4-5-13(21-10)11(2)17-8-12-6-14(18-3)16-15(7-12)19-9-20-16/h4-7,11,17H,8-9H2,1-3H3/t11-/m1/s1. The Labute approximate surface area is 123 Å². The highest BCUT2D eigenvalue weighted by Gasteiger charge is 2.20. The Kier molecular flexibility index (Phi) is 3.75. The number of aryl methyl sites for hydroxylation is 1. The fraction of sp³-hybridized carbons (Fsp3) is 0.375. The van der Waals surface area contributed by atoms with Gasteiger partial charge in [0.05, 0.1) is 13.2 Å². The summed E-state index contributed by atoms with van der Waals surface area (Å²) in [6.07, 6.45) is 0. The molecule has 0 spiro atoms. The summed E-state index contributed by atoms with van der Waals surface area (Å²) in [6.45, 7) is 4.94. The summed E-state index contributed by atoms with van der Waals surface area (Å²) < 4.78 is 21.8. The number of hydrogen-bond donors (Lipinski definition) is 1. The monoisotopic (exact) mass is 289 g/mol. The highest BCUT2D eigenvalue weighted by Crippen LogP contribution is 2.41. The lowest BCUT2D eigenvalue weighted by Gasteiger charge is -2.13. The summed E-state index contributed by atoms with van der Waals surface area (Å²) in [5.41, 5.74) is 1.08. The molecule has 2 heterocycles. The lowest BCUT2D eigenvalue weighted by Crippen LogP contribution is -2.17. The first-order chi connectivity index (χ1) is 10.2. The highest BCUT2D eigenvalue weighted by atomic mass is 16.7. The van der Waals surface area contributed by atoms with Gasteiger partial charge in [-0.2, -0.15) is 0 Å². The maximum absolute atomic E-state index is 5.62. The van der Waals surface area contributed by atoms with E-state index in [1.807, 2.05) is 31.2 Å². The van der Waals surface area contributed by atoms with Crippen molar-refractivity contribution in [1.82, 2.24) is 5.32 Å². The van der Waals surface area contributed by atoms with Crippen molar-refractivity contribution >= 4 is 0 Å². The maximum Gasteiger partial charge on any atom is 0.231 e. The van der Waals surface area contributed by atoms with Gasteiger partial charge in [-0.3, -0.25) is 0 Å². The van der Waals surface area contributed by atoms with E-state index in [1.165, 1.54) is 0 Å². The molecule has 0 aliphatic carbocycles. The second-order valence-corrected chi connectivity index (χ2v) is 5.08. The summed E-state index contributed by atoms with van der Waals surface area (Å²) in [5, 5.41) is 3.43. The van der Waals surface area contributed by atoms with Gasteiger partial charge in [0.25, 0.3) is 0 Å². The van der Waals surface area contributed by atoms with Gasteiger partial charge < -0.3 is 23.9 Å². The molecule has 1 aromatic carbocycles. The van der Waals surface area contributed by atoms with E-state index in [1.54, 1.807) is 7.11 Å². The van der Waals surface area contributed by atoms with Gasteiger partial charge in [0, 0.05) is 6.54 Å². The number of rotatable bonds is 5. The van der Waals surface area contributed by atoms with Gasteiger partial charge in [-0.15, -0.1) is 0 Å². The van der Waals surface area contributed by atoms with Gasteiger partial charge in [0.15, 0.2) is 11.5 Å². The van der Waals surface area contributed by atoms with Gasteiger partial charge in [0.1, 0.15) is 11.5 Å². The molecular weight excluding hydrogens is 270 g/mol. The molecule has 0 amide bonds. The van der Waals surface area contributed by atoms with Crippen LogP contribution in [0, 0.1) is 6.92 Å². The second-order valence-electron chi connectivity index (χ2n) is 5.08. The first-order valence-corrected chi connectivity index (χ1v) is 6.93. The Morgan fingerprint density at radius 1 is 1.29 bits per heavy atom. The van der Waals surface area contributed by atoms with Crippen LogP contribution in [-0.4, -0.2) is 13.9 Å². The molecule has 0 saturated carbocycles. The first kappa shape index (κ1) is 13.8. The molecule has 2 aromatic rings. The number of furan rings is 1. The molecule has 0 radical (unpaired) electrons. The Hall–Kier alpha value is -2.14. The predicted molar refractivity (Wildman–Crippen MR) is 77.8 cm³/mol. The molecule has 0 saturated heterocycles. The maximum atomic E-state index is 5.62. The van der Waals surface area contributed by atoms with Crippen molar-refractivity contribution in [2.24, 2.45) is 0 Å². The van der Waals surface area contributed by atoms with Gasteiger partial charge in [0.2, 0.25) is 12.5 Å². The van der Waals surface area contributed by atoms with Gasteiger partial charge >= 0.3 is 0 Å². The van der Waals surface area contributed by atoms with Gasteiger partial charge in [-0.25, -0.2) is 0 Å². The van der Waals surface area contributed by atoms with Crippen molar-refractivity contribution in [3.8, 4) is 17.2 Å². The highest BCUT2D eigenvalue weighted by molar-refractivity contribution is 5.55. The molecular formula is C16H19NO4. The van der Waals surface area contributed by atoms with E-state index in [9.17, 15) is 0 Å². The molecule has 0 fully saturated rings. The van der Waals surface area contributed by atoms with Crippen LogP contribution in [0.15, 0.2) is 28.7 Å². The first-order valence-electron chi connectivity index (χ1n) is 6.93. The third kappa shape index (κ3) is 2.83. The van der Waals surface area contributed by atoms with Crippen molar-refractivity contribution in [2.75, 3.05) is 13.9 Å². The molecule has 112 valence electrons. The van der Waals surface area contributed by atoms with Crippen LogP contribution in [0.5, 0.6) is 17.2 Å². The zero-order chi connectivity index (χ0) is 14.8. The molecule has 5 nitrogen and oxygen atoms in total. The van der Waals surface area contributed by atoms with Gasteiger partial charge in [-0.1, -0.05) is 0 Å². The number of ether oxygens (including phenoxy) is 3. The Morgan fingerprint density at radius 3 is 2.86 bits per heavy atom. The van der Waals surface area contributed by atoms with E-state index >= 15 is 0 Å². The Morgan fingerprint density at radius 2 is 2.14 bits per heavy atom. The summed E-state index contributed by atoms with van der Waals surface area (Å²) >= 11 is 0. The number of nitrogens with one attached hydrogen (secondary N) is 1. The lowest BCUT2D eigenvalue weighted by molar-refractivity contribution is 0.171.